The molecule has 4 nitrogen and oxygen atoms in total. The first kappa shape index (κ1) is 14.7. The number of nitrogens with zero attached hydrogens (tertiary/aromatic N) is 4. The Morgan fingerprint density at radius 2 is 1.82 bits per heavy atom. The highest BCUT2D eigenvalue weighted by Crippen LogP contribution is 2.20. The molecule has 0 atom stereocenters. The van der Waals surface area contributed by atoms with Crippen LogP contribution in [-0.4, -0.2) is 19.7 Å². The van der Waals surface area contributed by atoms with Crippen molar-refractivity contribution in [2.75, 3.05) is 0 Å². The molecule has 114 valence electrons. The van der Waals surface area contributed by atoms with Crippen LogP contribution in [0.2, 0.25) is 0 Å². The molecule has 3 aromatic rings. The summed E-state index contributed by atoms with van der Waals surface area (Å²) in [4.78, 5) is 9.18. The number of para-hydroxylation sites is 2. The van der Waals surface area contributed by atoms with Crippen molar-refractivity contribution in [1.29, 1.82) is 0 Å². The molecule has 0 spiro atoms. The van der Waals surface area contributed by atoms with Crippen LogP contribution in [0.15, 0.2) is 30.5 Å². The molecule has 2 heterocycles. The van der Waals surface area contributed by atoms with Gasteiger partial charge in [0.05, 0.1) is 22.9 Å². The lowest BCUT2D eigenvalue weighted by molar-refractivity contribution is 0.712. The van der Waals surface area contributed by atoms with Crippen LogP contribution in [-0.2, 0) is 6.42 Å². The van der Waals surface area contributed by atoms with Gasteiger partial charge in [-0.2, -0.15) is 5.10 Å². The smallest absolute Gasteiger partial charge is 0.172 e. The van der Waals surface area contributed by atoms with Crippen molar-refractivity contribution < 1.29 is 0 Å². The van der Waals surface area contributed by atoms with Gasteiger partial charge in [0.25, 0.3) is 0 Å². The topological polar surface area (TPSA) is 43.6 Å². The van der Waals surface area contributed by atoms with Gasteiger partial charge < -0.3 is 0 Å². The molecule has 4 heteroatoms. The molecular weight excluding hydrogens is 272 g/mol. The van der Waals surface area contributed by atoms with E-state index >= 15 is 0 Å². The van der Waals surface area contributed by atoms with Crippen LogP contribution in [0.1, 0.15) is 43.1 Å². The molecule has 0 saturated heterocycles. The second kappa shape index (κ2) is 6.26. The maximum Gasteiger partial charge on any atom is 0.172 e. The molecule has 0 aliphatic carbocycles. The van der Waals surface area contributed by atoms with Crippen LogP contribution < -0.4 is 0 Å². The molecule has 1 aromatic carbocycles. The van der Waals surface area contributed by atoms with E-state index < -0.39 is 0 Å². The highest BCUT2D eigenvalue weighted by atomic mass is 15.3. The number of aryl methyl sites for hydroxylation is 1. The minimum Gasteiger partial charge on any atom is -0.251 e. The van der Waals surface area contributed by atoms with Crippen molar-refractivity contribution in [3.63, 3.8) is 0 Å². The summed E-state index contributed by atoms with van der Waals surface area (Å²) >= 11 is 0. The number of hydrogen-bond donors (Lipinski definition) is 0. The summed E-state index contributed by atoms with van der Waals surface area (Å²) in [5.74, 6) is 0.793. The monoisotopic (exact) mass is 294 g/mol. The van der Waals surface area contributed by atoms with Gasteiger partial charge >= 0.3 is 0 Å². The molecule has 0 unspecified atom stereocenters. The van der Waals surface area contributed by atoms with Crippen LogP contribution in [0.3, 0.4) is 0 Å². The second-order valence-electron chi connectivity index (χ2n) is 5.74. The van der Waals surface area contributed by atoms with E-state index in [2.05, 4.69) is 30.9 Å². The number of aromatic nitrogens is 4. The summed E-state index contributed by atoms with van der Waals surface area (Å²) in [6.07, 6.45) is 6.61. The maximum absolute atomic E-state index is 4.70. The molecule has 3 rings (SSSR count). The van der Waals surface area contributed by atoms with Crippen molar-refractivity contribution in [1.82, 2.24) is 19.7 Å². The van der Waals surface area contributed by atoms with Gasteiger partial charge in [0.15, 0.2) is 5.82 Å². The van der Waals surface area contributed by atoms with Crippen LogP contribution in [0, 0.1) is 13.8 Å². The van der Waals surface area contributed by atoms with Gasteiger partial charge in [0.2, 0.25) is 0 Å². The van der Waals surface area contributed by atoms with Gasteiger partial charge in [0.1, 0.15) is 0 Å². The number of fused-ring (bicyclic) bond motifs is 1. The summed E-state index contributed by atoms with van der Waals surface area (Å²) in [6, 6.07) is 7.92. The van der Waals surface area contributed by atoms with E-state index in [0.717, 1.165) is 29.0 Å². The molecule has 2 aromatic heterocycles. The summed E-state index contributed by atoms with van der Waals surface area (Å²) in [6.45, 7) is 6.44. The Balaban J connectivity index is 1.98. The van der Waals surface area contributed by atoms with Gasteiger partial charge in [-0.05, 0) is 44.4 Å². The molecule has 0 radical (unpaired) electrons. The van der Waals surface area contributed by atoms with E-state index in [9.17, 15) is 0 Å². The predicted molar refractivity (Wildman–Crippen MR) is 89.4 cm³/mol. The van der Waals surface area contributed by atoms with Gasteiger partial charge in [-0.1, -0.05) is 31.9 Å². The fraction of sp³-hybridized carbons (Fsp3) is 0.389. The molecule has 0 N–H and O–H groups in total. The minimum absolute atomic E-state index is 0.793. The van der Waals surface area contributed by atoms with Crippen molar-refractivity contribution >= 4 is 11.0 Å². The fourth-order valence-electron chi connectivity index (χ4n) is 2.86. The number of rotatable bonds is 5. The zero-order valence-corrected chi connectivity index (χ0v) is 13.5. The highest BCUT2D eigenvalue weighted by Gasteiger charge is 2.13. The Bertz CT molecular complexity index is 789. The zero-order valence-electron chi connectivity index (χ0n) is 13.5. The first-order chi connectivity index (χ1) is 10.7. The maximum atomic E-state index is 4.70. The van der Waals surface area contributed by atoms with Crippen LogP contribution >= 0.6 is 0 Å². The highest BCUT2D eigenvalue weighted by molar-refractivity contribution is 5.74. The largest absolute Gasteiger partial charge is 0.251 e. The molecule has 0 aliphatic heterocycles. The molecule has 0 bridgehead atoms. The SMILES string of the molecule is CCCCCc1c(C)nn(-c2cnc3ccccc3n2)c1C. The fourth-order valence-corrected chi connectivity index (χ4v) is 2.86. The molecule has 0 amide bonds. The van der Waals surface area contributed by atoms with Crippen molar-refractivity contribution in [2.24, 2.45) is 0 Å². The van der Waals surface area contributed by atoms with Crippen molar-refractivity contribution in [2.45, 2.75) is 46.5 Å². The lowest BCUT2D eigenvalue weighted by Gasteiger charge is -2.05. The Morgan fingerprint density at radius 3 is 2.59 bits per heavy atom. The van der Waals surface area contributed by atoms with E-state index in [-0.39, 0.29) is 0 Å². The molecule has 0 aliphatic rings. The lowest BCUT2D eigenvalue weighted by atomic mass is 10.1. The first-order valence-electron chi connectivity index (χ1n) is 7.98. The summed E-state index contributed by atoms with van der Waals surface area (Å²) in [5.41, 5.74) is 5.45. The Morgan fingerprint density at radius 1 is 1.05 bits per heavy atom. The Labute approximate surface area is 131 Å². The average Bonchev–Trinajstić information content (AvgIpc) is 2.82. The first-order valence-corrected chi connectivity index (χ1v) is 7.98. The van der Waals surface area contributed by atoms with Gasteiger partial charge in [-0.25, -0.2) is 9.67 Å². The van der Waals surface area contributed by atoms with E-state index in [0.29, 0.717) is 0 Å². The number of hydrogen-bond acceptors (Lipinski definition) is 3. The van der Waals surface area contributed by atoms with Crippen LogP contribution in [0.5, 0.6) is 0 Å². The quantitative estimate of drug-likeness (QED) is 0.663. The number of unbranched alkanes of at least 4 members (excludes halogenated alkanes) is 2. The molecule has 0 saturated carbocycles. The normalized spacial score (nSPS) is 11.2. The second-order valence-corrected chi connectivity index (χ2v) is 5.74. The standard InChI is InChI=1S/C18H22N4/c1-4-5-6-9-15-13(2)21-22(14(15)3)18-12-19-16-10-7-8-11-17(16)20-18/h7-8,10-12H,4-6,9H2,1-3H3. The molecular formula is C18H22N4. The predicted octanol–water partition coefficient (Wildman–Crippen LogP) is 4.17. The molecule has 0 fully saturated rings. The van der Waals surface area contributed by atoms with E-state index in [1.807, 2.05) is 28.9 Å². The van der Waals surface area contributed by atoms with Crippen LogP contribution in [0.25, 0.3) is 16.9 Å². The average molecular weight is 294 g/mol. The Kier molecular flexibility index (Phi) is 4.18. The van der Waals surface area contributed by atoms with Gasteiger partial charge in [0, 0.05) is 5.69 Å². The van der Waals surface area contributed by atoms with E-state index in [1.54, 1.807) is 6.20 Å². The van der Waals surface area contributed by atoms with Crippen molar-refractivity contribution in [3.8, 4) is 5.82 Å². The minimum atomic E-state index is 0.793. The third kappa shape index (κ3) is 2.73. The zero-order chi connectivity index (χ0) is 15.5. The Hall–Kier alpha value is -2.23. The lowest BCUT2D eigenvalue weighted by Crippen LogP contribution is -2.03. The summed E-state index contributed by atoms with van der Waals surface area (Å²) in [7, 11) is 0. The molecule has 22 heavy (non-hydrogen) atoms. The number of benzene rings is 1. The van der Waals surface area contributed by atoms with Crippen LogP contribution in [0.4, 0.5) is 0 Å². The summed E-state index contributed by atoms with van der Waals surface area (Å²) in [5, 5.41) is 4.68. The van der Waals surface area contributed by atoms with E-state index in [1.165, 1.54) is 30.5 Å². The van der Waals surface area contributed by atoms with Gasteiger partial charge in [-0.15, -0.1) is 0 Å². The third-order valence-corrected chi connectivity index (χ3v) is 4.12. The summed E-state index contributed by atoms with van der Waals surface area (Å²) < 4.78 is 1.93. The van der Waals surface area contributed by atoms with E-state index in [4.69, 9.17) is 4.98 Å². The van der Waals surface area contributed by atoms with Gasteiger partial charge in [-0.3, -0.25) is 4.98 Å². The third-order valence-electron chi connectivity index (χ3n) is 4.12. The van der Waals surface area contributed by atoms with Crippen molar-refractivity contribution in [3.05, 3.63) is 47.4 Å².